The summed E-state index contributed by atoms with van der Waals surface area (Å²) in [7, 11) is 0. The van der Waals surface area contributed by atoms with Gasteiger partial charge in [0.25, 0.3) is 0 Å². The molecule has 11 N–H and O–H groups in total. The molecule has 9 fully saturated rings. The summed E-state index contributed by atoms with van der Waals surface area (Å²) < 4.78 is 61.3. The van der Waals surface area contributed by atoms with Crippen molar-refractivity contribution in [1.29, 1.82) is 0 Å². The van der Waals surface area contributed by atoms with E-state index in [1.165, 1.54) is 26.3 Å². The molecule has 31 unspecified atom stereocenters. The molecule has 0 amide bonds. The van der Waals surface area contributed by atoms with Crippen molar-refractivity contribution in [1.82, 2.24) is 0 Å². The van der Waals surface area contributed by atoms with Crippen molar-refractivity contribution in [3.8, 4) is 0 Å². The van der Waals surface area contributed by atoms with E-state index < -0.39 is 147 Å². The van der Waals surface area contributed by atoms with Gasteiger partial charge in [-0.1, -0.05) is 39.3 Å². The van der Waals surface area contributed by atoms with Crippen LogP contribution < -0.4 is 0 Å². The van der Waals surface area contributed by atoms with Crippen LogP contribution >= 0.6 is 0 Å². The maximum absolute atomic E-state index is 12.8. The van der Waals surface area contributed by atoms with Crippen LogP contribution in [0.3, 0.4) is 0 Å². The lowest BCUT2D eigenvalue weighted by Gasteiger charge is -2.60. The highest BCUT2D eigenvalue weighted by Crippen LogP contribution is 2.72. The quantitative estimate of drug-likeness (QED) is 0.126. The van der Waals surface area contributed by atoms with Gasteiger partial charge < -0.3 is 104 Å². The highest BCUT2D eigenvalue weighted by Gasteiger charge is 2.76. The van der Waals surface area contributed by atoms with Gasteiger partial charge in [0.2, 0.25) is 0 Å². The van der Waals surface area contributed by atoms with Crippen LogP contribution in [0.25, 0.3) is 0 Å². The molecule has 21 nitrogen and oxygen atoms in total. The fraction of sp³-hybridized carbons (Fsp3) is 0.961. The molecule has 1 spiro atoms. The molecule has 412 valence electrons. The van der Waals surface area contributed by atoms with Crippen LogP contribution in [0.15, 0.2) is 11.6 Å². The maximum atomic E-state index is 12.8. The first kappa shape index (κ1) is 54.3. The third-order valence-electron chi connectivity index (χ3n) is 20.0. The molecule has 0 radical (unpaired) electrons. The number of allylic oxidation sites excluding steroid dienone is 1. The summed E-state index contributed by atoms with van der Waals surface area (Å²) in [6.45, 7) is 13.5. The molecule has 21 heteroatoms. The summed E-state index contributed by atoms with van der Waals surface area (Å²) >= 11 is 0. The van der Waals surface area contributed by atoms with Crippen molar-refractivity contribution >= 4 is 0 Å². The van der Waals surface area contributed by atoms with Crippen LogP contribution in [0.4, 0.5) is 0 Å². The molecule has 6 aliphatic heterocycles. The van der Waals surface area contributed by atoms with E-state index in [1.54, 1.807) is 0 Å². The Labute approximate surface area is 420 Å². The fourth-order valence-electron chi connectivity index (χ4n) is 15.4. The van der Waals surface area contributed by atoms with Gasteiger partial charge in [-0.25, -0.2) is 0 Å². The Kier molecular flexibility index (Phi) is 15.1. The van der Waals surface area contributed by atoms with Crippen molar-refractivity contribution in [2.24, 2.45) is 40.4 Å². The first-order valence-corrected chi connectivity index (χ1v) is 26.7. The van der Waals surface area contributed by atoms with Gasteiger partial charge in [-0.3, -0.25) is 0 Å². The van der Waals surface area contributed by atoms with Crippen LogP contribution in [0.1, 0.15) is 106 Å². The zero-order valence-corrected chi connectivity index (χ0v) is 42.4. The van der Waals surface area contributed by atoms with Gasteiger partial charge in [-0.2, -0.15) is 0 Å². The lowest BCUT2D eigenvalue weighted by molar-refractivity contribution is -0.388. The van der Waals surface area contributed by atoms with Crippen molar-refractivity contribution in [2.75, 3.05) is 13.2 Å². The number of hydrogen-bond donors (Lipinski definition) is 11. The Morgan fingerprint density at radius 1 is 0.597 bits per heavy atom. The van der Waals surface area contributed by atoms with E-state index in [2.05, 4.69) is 33.8 Å². The molecule has 3 saturated carbocycles. The molecule has 31 atom stereocenters. The lowest BCUT2D eigenvalue weighted by atomic mass is 9.46. The van der Waals surface area contributed by atoms with Gasteiger partial charge >= 0.3 is 0 Å². The van der Waals surface area contributed by atoms with E-state index in [4.69, 9.17) is 47.4 Å². The Morgan fingerprint density at radius 3 is 1.78 bits per heavy atom. The topological polar surface area (TPSA) is 315 Å². The first-order chi connectivity index (χ1) is 34.0. The average molecular weight is 1030 g/mol. The third-order valence-corrected chi connectivity index (χ3v) is 20.0. The highest BCUT2D eigenvalue weighted by atomic mass is 16.8. The number of rotatable bonds is 9. The fourth-order valence-corrected chi connectivity index (χ4v) is 15.4. The second-order valence-corrected chi connectivity index (χ2v) is 23.9. The molecule has 4 aliphatic carbocycles. The molecule has 10 rings (SSSR count). The molecular weight excluding hydrogens is 949 g/mol. The highest BCUT2D eigenvalue weighted by molar-refractivity contribution is 5.29. The molecule has 6 saturated heterocycles. The standard InChI is InChI=1S/C51H82O21/c1-20-10-15-50(63-19-20)24(5)51(62)31(72-50)17-29-27-9-8-25-16-26(11-13-48(25,6)28(27)12-14-49(29,51)7)67-47-43(35(56)33(54)30(18-52)68-47)71-46-40(61)37(58)42(23(4)66-46)70-45-39(60)36(57)41(22(3)65-45)69-44-38(59)34(55)32(53)21(2)64-44/h8,20-24,26-47,52-62H,9-19H2,1-7H3. The van der Waals surface area contributed by atoms with Crippen molar-refractivity contribution in [3.05, 3.63) is 11.6 Å². The zero-order chi connectivity index (χ0) is 51.7. The Morgan fingerprint density at radius 2 is 1.18 bits per heavy atom. The smallest absolute Gasteiger partial charge is 0.187 e. The van der Waals surface area contributed by atoms with Gasteiger partial charge in [0.15, 0.2) is 30.9 Å². The minimum atomic E-state index is -1.84. The molecule has 0 aromatic carbocycles. The molecule has 0 aromatic rings. The molecule has 72 heavy (non-hydrogen) atoms. The predicted molar refractivity (Wildman–Crippen MR) is 245 cm³/mol. The molecule has 0 bridgehead atoms. The lowest BCUT2D eigenvalue weighted by Crippen LogP contribution is -2.66. The largest absolute Gasteiger partial charge is 0.394 e. The summed E-state index contributed by atoms with van der Waals surface area (Å²) in [5.74, 6) is 0.627. The van der Waals surface area contributed by atoms with E-state index in [1.807, 2.05) is 0 Å². The number of aliphatic hydroxyl groups excluding tert-OH is 10. The monoisotopic (exact) mass is 1030 g/mol. The second kappa shape index (κ2) is 20.0. The predicted octanol–water partition coefficient (Wildman–Crippen LogP) is -0.792. The molecule has 10 aliphatic rings. The Balaban J connectivity index is 0.778. The van der Waals surface area contributed by atoms with Crippen molar-refractivity contribution in [2.45, 2.75) is 253 Å². The van der Waals surface area contributed by atoms with Crippen molar-refractivity contribution < 1.29 is 104 Å². The van der Waals surface area contributed by atoms with E-state index in [0.29, 0.717) is 37.2 Å². The van der Waals surface area contributed by atoms with Gasteiger partial charge in [0.1, 0.15) is 85.0 Å². The van der Waals surface area contributed by atoms with E-state index in [9.17, 15) is 56.2 Å². The van der Waals surface area contributed by atoms with E-state index >= 15 is 0 Å². The third kappa shape index (κ3) is 8.63. The first-order valence-electron chi connectivity index (χ1n) is 26.7. The van der Waals surface area contributed by atoms with Gasteiger partial charge in [-0.15, -0.1) is 0 Å². The average Bonchev–Trinajstić information content (AvgIpc) is 3.71. The van der Waals surface area contributed by atoms with Crippen LogP contribution in [-0.2, 0) is 47.4 Å². The minimum Gasteiger partial charge on any atom is -0.394 e. The summed E-state index contributed by atoms with van der Waals surface area (Å²) in [6.07, 6.45) is -20.5. The summed E-state index contributed by atoms with van der Waals surface area (Å²) in [4.78, 5) is 0. The molecular formula is C51H82O21. The normalized spacial score (nSPS) is 58.8. The molecule has 0 aromatic heterocycles. The SMILES string of the molecule is CC1CCC2(OC1)OC1CC3C4CC=C5CC(OC6OC(CO)C(O)C(O)C6OC6OC(C)C(OC7OC(C)C(OC8OC(C)C(O)C(O)C8O)C(O)C7O)C(O)C6O)CCC5(C)C4CCC3(C)C1(O)C2C. The Bertz CT molecular complexity index is 1940. The van der Waals surface area contributed by atoms with E-state index in [-0.39, 0.29) is 28.8 Å². The van der Waals surface area contributed by atoms with Gasteiger partial charge in [-0.05, 0) is 101 Å². The Hall–Kier alpha value is -1.10. The van der Waals surface area contributed by atoms with Crippen LogP contribution in [0.5, 0.6) is 0 Å². The summed E-state index contributed by atoms with van der Waals surface area (Å²) in [5, 5.41) is 121. The number of hydrogen-bond acceptors (Lipinski definition) is 21. The second-order valence-electron chi connectivity index (χ2n) is 23.9. The maximum Gasteiger partial charge on any atom is 0.187 e. The van der Waals surface area contributed by atoms with Gasteiger partial charge in [0, 0.05) is 17.8 Å². The number of aliphatic hydroxyl groups is 11. The molecule has 6 heterocycles. The zero-order valence-electron chi connectivity index (χ0n) is 42.4. The van der Waals surface area contributed by atoms with Crippen molar-refractivity contribution in [3.63, 3.8) is 0 Å². The minimum absolute atomic E-state index is 0.120. The van der Waals surface area contributed by atoms with Crippen LogP contribution in [0, 0.1) is 40.4 Å². The number of fused-ring (bicyclic) bond motifs is 7. The summed E-state index contributed by atoms with van der Waals surface area (Å²) in [6, 6.07) is 0. The number of ether oxygens (including phenoxy) is 10. The van der Waals surface area contributed by atoms with E-state index in [0.717, 1.165) is 44.9 Å². The van der Waals surface area contributed by atoms with Gasteiger partial charge in [0.05, 0.1) is 43.7 Å². The van der Waals surface area contributed by atoms with Crippen LogP contribution in [0.2, 0.25) is 0 Å². The van der Waals surface area contributed by atoms with Crippen LogP contribution in [-0.4, -0.2) is 216 Å². The summed E-state index contributed by atoms with van der Waals surface area (Å²) in [5.41, 5.74) is -0.145.